The van der Waals surface area contributed by atoms with E-state index < -0.39 is 0 Å². The van der Waals surface area contributed by atoms with E-state index in [1.165, 1.54) is 11.8 Å². The highest BCUT2D eigenvalue weighted by Crippen LogP contribution is 2.19. The maximum Gasteiger partial charge on any atom is 0.119 e. The zero-order valence-corrected chi connectivity index (χ0v) is 8.87. The van der Waals surface area contributed by atoms with E-state index in [2.05, 4.69) is 0 Å². The van der Waals surface area contributed by atoms with Crippen LogP contribution in [-0.4, -0.2) is 18.4 Å². The van der Waals surface area contributed by atoms with Gasteiger partial charge in [0.2, 0.25) is 0 Å². The second kappa shape index (κ2) is 4.33. The highest BCUT2D eigenvalue weighted by atomic mass is 32.2. The Morgan fingerprint density at radius 1 is 1.38 bits per heavy atom. The Morgan fingerprint density at radius 3 is 2.62 bits per heavy atom. The molecule has 2 nitrogen and oxygen atoms in total. The Labute approximate surface area is 82.8 Å². The number of ether oxygens (including phenoxy) is 1. The minimum Gasteiger partial charge on any atom is -0.497 e. The van der Waals surface area contributed by atoms with Gasteiger partial charge in [0.15, 0.2) is 0 Å². The molecule has 70 valence electrons. The highest BCUT2D eigenvalue weighted by Gasteiger charge is 2.02. The summed E-state index contributed by atoms with van der Waals surface area (Å²) < 4.78 is 5.12. The molecule has 0 aliphatic rings. The van der Waals surface area contributed by atoms with Crippen molar-refractivity contribution in [2.45, 2.75) is 6.92 Å². The molecule has 0 atom stereocenters. The second-order valence-corrected chi connectivity index (χ2v) is 3.59. The molecule has 0 aliphatic heterocycles. The van der Waals surface area contributed by atoms with Crippen molar-refractivity contribution in [2.24, 2.45) is 0 Å². The van der Waals surface area contributed by atoms with Crippen LogP contribution in [-0.2, 0) is 0 Å². The van der Waals surface area contributed by atoms with E-state index in [1.807, 2.05) is 31.4 Å². The monoisotopic (exact) mass is 195 g/mol. The van der Waals surface area contributed by atoms with E-state index in [0.717, 1.165) is 16.9 Å². The van der Waals surface area contributed by atoms with Crippen molar-refractivity contribution in [3.63, 3.8) is 0 Å². The smallest absolute Gasteiger partial charge is 0.119 e. The molecule has 0 bridgehead atoms. The Hall–Kier alpha value is -0.960. The van der Waals surface area contributed by atoms with Gasteiger partial charge in [0, 0.05) is 5.56 Å². The van der Waals surface area contributed by atoms with Gasteiger partial charge in [0.1, 0.15) is 5.75 Å². The van der Waals surface area contributed by atoms with Crippen molar-refractivity contribution in [3.8, 4) is 5.75 Å². The lowest BCUT2D eigenvalue weighted by atomic mass is 10.1. The molecule has 0 aliphatic carbocycles. The molecule has 0 fully saturated rings. The minimum atomic E-state index is 0.571. The summed E-state index contributed by atoms with van der Waals surface area (Å²) in [7, 11) is 1.64. The van der Waals surface area contributed by atoms with Crippen LogP contribution >= 0.6 is 11.8 Å². The van der Waals surface area contributed by atoms with Crippen LogP contribution < -0.4 is 4.74 Å². The Morgan fingerprint density at radius 2 is 2.08 bits per heavy atom. The third-order valence-electron chi connectivity index (χ3n) is 1.75. The molecule has 1 aromatic rings. The van der Waals surface area contributed by atoms with E-state index in [1.54, 1.807) is 7.11 Å². The van der Waals surface area contributed by atoms with E-state index in [4.69, 9.17) is 10.1 Å². The largest absolute Gasteiger partial charge is 0.497 e. The van der Waals surface area contributed by atoms with Gasteiger partial charge in [-0.1, -0.05) is 0 Å². The number of thioether (sulfide) groups is 1. The molecule has 0 saturated heterocycles. The highest BCUT2D eigenvalue weighted by molar-refractivity contribution is 8.13. The molecule has 0 amide bonds. The molecule has 0 saturated carbocycles. The molecule has 0 unspecified atom stereocenters. The van der Waals surface area contributed by atoms with E-state index in [9.17, 15) is 0 Å². The third kappa shape index (κ3) is 2.49. The number of hydrogen-bond acceptors (Lipinski definition) is 3. The predicted octanol–water partition coefficient (Wildman–Crippen LogP) is 2.69. The van der Waals surface area contributed by atoms with Crippen molar-refractivity contribution in [1.29, 1.82) is 5.41 Å². The van der Waals surface area contributed by atoms with Crippen LogP contribution in [0.3, 0.4) is 0 Å². The topological polar surface area (TPSA) is 33.1 Å². The maximum atomic E-state index is 7.65. The molecule has 1 aromatic carbocycles. The number of aryl methyl sites for hydroxylation is 1. The fraction of sp³-hybridized carbons (Fsp3) is 0.300. The van der Waals surface area contributed by atoms with Crippen LogP contribution in [0.15, 0.2) is 18.2 Å². The number of hydrogen-bond donors (Lipinski definition) is 1. The Kier molecular flexibility index (Phi) is 3.37. The van der Waals surface area contributed by atoms with Crippen molar-refractivity contribution >= 4 is 16.8 Å². The van der Waals surface area contributed by atoms with Crippen molar-refractivity contribution in [2.75, 3.05) is 13.4 Å². The molecule has 1 rings (SSSR count). The molecule has 3 heteroatoms. The van der Waals surface area contributed by atoms with Gasteiger partial charge >= 0.3 is 0 Å². The molecular formula is C10H13NOS. The summed E-state index contributed by atoms with van der Waals surface area (Å²) in [5.41, 5.74) is 2.04. The molecular weight excluding hydrogens is 182 g/mol. The van der Waals surface area contributed by atoms with Gasteiger partial charge in [-0.25, -0.2) is 0 Å². The van der Waals surface area contributed by atoms with E-state index >= 15 is 0 Å². The molecule has 13 heavy (non-hydrogen) atoms. The summed E-state index contributed by atoms with van der Waals surface area (Å²) in [4.78, 5) is 0. The summed E-state index contributed by atoms with van der Waals surface area (Å²) in [6, 6.07) is 5.82. The molecule has 0 heterocycles. The van der Waals surface area contributed by atoms with Crippen molar-refractivity contribution in [3.05, 3.63) is 29.3 Å². The lowest BCUT2D eigenvalue weighted by Gasteiger charge is -2.05. The number of rotatable bonds is 2. The van der Waals surface area contributed by atoms with Gasteiger partial charge in [-0.2, -0.15) is 0 Å². The molecule has 0 spiro atoms. The Bertz CT molecular complexity index is 323. The zero-order valence-electron chi connectivity index (χ0n) is 8.05. The maximum absolute atomic E-state index is 7.65. The van der Waals surface area contributed by atoms with Gasteiger partial charge in [-0.05, 0) is 36.9 Å². The SMILES string of the molecule is COc1cc(C)cc(C(=N)SC)c1. The quantitative estimate of drug-likeness (QED) is 0.581. The van der Waals surface area contributed by atoms with Gasteiger partial charge in [-0.3, -0.25) is 5.41 Å². The van der Waals surface area contributed by atoms with Crippen LogP contribution in [0.1, 0.15) is 11.1 Å². The van der Waals surface area contributed by atoms with Gasteiger partial charge < -0.3 is 4.74 Å². The fourth-order valence-corrected chi connectivity index (χ4v) is 1.47. The lowest BCUT2D eigenvalue weighted by Crippen LogP contribution is -1.94. The fourth-order valence-electron chi connectivity index (χ4n) is 1.11. The first-order chi connectivity index (χ1) is 6.17. The average Bonchev–Trinajstić information content (AvgIpc) is 2.15. The number of benzene rings is 1. The Balaban J connectivity index is 3.08. The van der Waals surface area contributed by atoms with Crippen LogP contribution in [0, 0.1) is 12.3 Å². The van der Waals surface area contributed by atoms with Crippen LogP contribution in [0.4, 0.5) is 0 Å². The zero-order chi connectivity index (χ0) is 9.84. The van der Waals surface area contributed by atoms with Crippen LogP contribution in [0.25, 0.3) is 0 Å². The van der Waals surface area contributed by atoms with Crippen LogP contribution in [0.5, 0.6) is 5.75 Å². The first kappa shape index (κ1) is 10.1. The van der Waals surface area contributed by atoms with Crippen molar-refractivity contribution < 1.29 is 4.74 Å². The van der Waals surface area contributed by atoms with Gasteiger partial charge in [-0.15, -0.1) is 11.8 Å². The first-order valence-electron chi connectivity index (χ1n) is 3.96. The van der Waals surface area contributed by atoms with Gasteiger partial charge in [0.05, 0.1) is 12.2 Å². The average molecular weight is 195 g/mol. The standard InChI is InChI=1S/C10H13NOS/c1-7-4-8(10(11)13-3)6-9(5-7)12-2/h4-6,11H,1-3H3. The summed E-state index contributed by atoms with van der Waals surface area (Å²) in [6.45, 7) is 2.00. The van der Waals surface area contributed by atoms with Crippen molar-refractivity contribution in [1.82, 2.24) is 0 Å². The summed E-state index contributed by atoms with van der Waals surface area (Å²) in [5, 5.41) is 8.23. The number of methoxy groups -OCH3 is 1. The normalized spacial score (nSPS) is 9.77. The third-order valence-corrected chi connectivity index (χ3v) is 2.40. The van der Waals surface area contributed by atoms with E-state index in [-0.39, 0.29) is 0 Å². The van der Waals surface area contributed by atoms with Gasteiger partial charge in [0.25, 0.3) is 0 Å². The summed E-state index contributed by atoms with van der Waals surface area (Å²) in [6.07, 6.45) is 1.90. The molecule has 1 N–H and O–H groups in total. The first-order valence-corrected chi connectivity index (χ1v) is 5.18. The number of nitrogens with one attached hydrogen (secondary N) is 1. The molecule has 0 radical (unpaired) electrons. The summed E-state index contributed by atoms with van der Waals surface area (Å²) in [5.74, 6) is 0.814. The lowest BCUT2D eigenvalue weighted by molar-refractivity contribution is 0.414. The minimum absolute atomic E-state index is 0.571. The van der Waals surface area contributed by atoms with E-state index in [0.29, 0.717) is 5.04 Å². The predicted molar refractivity (Wildman–Crippen MR) is 58.1 cm³/mol. The second-order valence-electron chi connectivity index (χ2n) is 2.77. The summed E-state index contributed by atoms with van der Waals surface area (Å²) >= 11 is 1.43. The van der Waals surface area contributed by atoms with Crippen LogP contribution in [0.2, 0.25) is 0 Å². The molecule has 0 aromatic heterocycles.